The third-order valence-electron chi connectivity index (χ3n) is 4.41. The zero-order chi connectivity index (χ0) is 19.9. The maximum atomic E-state index is 13.3. The van der Waals surface area contributed by atoms with Crippen LogP contribution >= 0.6 is 0 Å². The minimum Gasteiger partial charge on any atom is -0.365 e. The first-order valence-electron chi connectivity index (χ1n) is 8.58. The summed E-state index contributed by atoms with van der Waals surface area (Å²) in [6, 6.07) is 6.31. The molecule has 0 spiro atoms. The summed E-state index contributed by atoms with van der Waals surface area (Å²) in [6.07, 6.45) is -0.0183. The molecule has 1 aliphatic rings. The second-order valence-electron chi connectivity index (χ2n) is 6.25. The quantitative estimate of drug-likeness (QED) is 0.675. The van der Waals surface area contributed by atoms with Crippen molar-refractivity contribution in [1.82, 2.24) is 19.5 Å². The van der Waals surface area contributed by atoms with Gasteiger partial charge in [0, 0.05) is 12.2 Å². The van der Waals surface area contributed by atoms with Crippen molar-refractivity contribution in [3.63, 3.8) is 0 Å². The van der Waals surface area contributed by atoms with E-state index < -0.39 is 17.6 Å². The Morgan fingerprint density at radius 3 is 2.54 bits per heavy atom. The third kappa shape index (κ3) is 3.23. The number of anilines is 1. The fourth-order valence-corrected chi connectivity index (χ4v) is 2.97. The summed E-state index contributed by atoms with van der Waals surface area (Å²) in [5.74, 6) is 0.182. The summed E-state index contributed by atoms with van der Waals surface area (Å²) < 4.78 is 54.2. The summed E-state index contributed by atoms with van der Waals surface area (Å²) in [7, 11) is 0. The van der Waals surface area contributed by atoms with Crippen LogP contribution in [0.3, 0.4) is 0 Å². The van der Waals surface area contributed by atoms with Crippen molar-refractivity contribution in [2.24, 2.45) is 0 Å². The van der Waals surface area contributed by atoms with E-state index in [0.717, 1.165) is 24.4 Å². The summed E-state index contributed by atoms with van der Waals surface area (Å²) in [6.45, 7) is 1.60. The van der Waals surface area contributed by atoms with Gasteiger partial charge in [-0.2, -0.15) is 13.2 Å². The standard InChI is InChI=1S/C19H15F4N5/c1-2-13-4-5-14(10-24-13)28-17-16(7-11(8-26-17)19(21,22)23)27-18(28)15-6-3-12(20)9-25-15/h3-7,9-10,26H,2,8H2,1H3. The molecule has 5 nitrogen and oxygen atoms in total. The van der Waals surface area contributed by atoms with E-state index in [0.29, 0.717) is 23.0 Å². The molecule has 1 aliphatic heterocycles. The van der Waals surface area contributed by atoms with E-state index in [1.165, 1.54) is 12.1 Å². The van der Waals surface area contributed by atoms with Crippen molar-refractivity contribution in [2.75, 3.05) is 11.9 Å². The monoisotopic (exact) mass is 389 g/mol. The molecule has 4 rings (SSSR count). The van der Waals surface area contributed by atoms with Crippen molar-refractivity contribution < 1.29 is 17.6 Å². The van der Waals surface area contributed by atoms with Crippen LogP contribution in [-0.4, -0.2) is 32.2 Å². The van der Waals surface area contributed by atoms with Gasteiger partial charge < -0.3 is 5.32 Å². The number of hydrogen-bond acceptors (Lipinski definition) is 4. The van der Waals surface area contributed by atoms with Gasteiger partial charge in [-0.25, -0.2) is 14.4 Å². The van der Waals surface area contributed by atoms with Crippen LogP contribution in [-0.2, 0) is 6.42 Å². The van der Waals surface area contributed by atoms with Gasteiger partial charge in [0.25, 0.3) is 0 Å². The third-order valence-corrected chi connectivity index (χ3v) is 4.41. The van der Waals surface area contributed by atoms with Crippen LogP contribution in [0.4, 0.5) is 23.4 Å². The molecule has 4 heterocycles. The van der Waals surface area contributed by atoms with Crippen molar-refractivity contribution in [1.29, 1.82) is 0 Å². The number of hydrogen-bond donors (Lipinski definition) is 1. The highest BCUT2D eigenvalue weighted by molar-refractivity contribution is 5.74. The second-order valence-corrected chi connectivity index (χ2v) is 6.25. The number of pyridine rings is 2. The molecular weight excluding hydrogens is 374 g/mol. The minimum absolute atomic E-state index is 0.138. The summed E-state index contributed by atoms with van der Waals surface area (Å²) in [4.78, 5) is 12.7. The SMILES string of the molecule is CCc1ccc(-n2c(-c3ccc(F)cn3)nc3c2NCC(C(F)(F)F)=C3)cn1. The van der Waals surface area contributed by atoms with Crippen LogP contribution in [0.25, 0.3) is 23.3 Å². The summed E-state index contributed by atoms with van der Waals surface area (Å²) in [5.41, 5.74) is 1.25. The number of aryl methyl sites for hydroxylation is 1. The Kier molecular flexibility index (Phi) is 4.37. The van der Waals surface area contributed by atoms with Crippen molar-refractivity contribution in [2.45, 2.75) is 19.5 Å². The average Bonchev–Trinajstić information content (AvgIpc) is 3.06. The van der Waals surface area contributed by atoms with Crippen LogP contribution in [0.2, 0.25) is 0 Å². The lowest BCUT2D eigenvalue weighted by Crippen LogP contribution is -2.23. The predicted molar refractivity (Wildman–Crippen MR) is 96.4 cm³/mol. The van der Waals surface area contributed by atoms with Gasteiger partial charge in [0.15, 0.2) is 5.82 Å². The molecule has 1 N–H and O–H groups in total. The molecule has 0 saturated heterocycles. The number of nitrogens with one attached hydrogen (secondary N) is 1. The van der Waals surface area contributed by atoms with Gasteiger partial charge in [-0.1, -0.05) is 6.92 Å². The van der Waals surface area contributed by atoms with E-state index in [4.69, 9.17) is 0 Å². The lowest BCUT2D eigenvalue weighted by Gasteiger charge is -2.19. The molecule has 0 radical (unpaired) electrons. The Bertz CT molecular complexity index is 1030. The molecule has 0 aromatic carbocycles. The highest BCUT2D eigenvalue weighted by Gasteiger charge is 2.36. The van der Waals surface area contributed by atoms with Gasteiger partial charge in [-0.05, 0) is 36.8 Å². The molecule has 3 aromatic heterocycles. The van der Waals surface area contributed by atoms with Gasteiger partial charge >= 0.3 is 6.18 Å². The number of aromatic nitrogens is 4. The van der Waals surface area contributed by atoms with Crippen molar-refractivity contribution >= 4 is 11.9 Å². The largest absolute Gasteiger partial charge is 0.414 e. The maximum Gasteiger partial charge on any atom is 0.414 e. The Morgan fingerprint density at radius 2 is 1.93 bits per heavy atom. The fourth-order valence-electron chi connectivity index (χ4n) is 2.97. The lowest BCUT2D eigenvalue weighted by molar-refractivity contribution is -0.0909. The molecule has 0 amide bonds. The number of nitrogens with zero attached hydrogens (tertiary/aromatic N) is 4. The highest BCUT2D eigenvalue weighted by Crippen LogP contribution is 2.36. The second kappa shape index (κ2) is 6.74. The summed E-state index contributed by atoms with van der Waals surface area (Å²) >= 11 is 0. The van der Waals surface area contributed by atoms with E-state index in [2.05, 4.69) is 20.3 Å². The molecule has 0 atom stereocenters. The number of imidazole rings is 1. The van der Waals surface area contributed by atoms with Gasteiger partial charge in [-0.15, -0.1) is 0 Å². The summed E-state index contributed by atoms with van der Waals surface area (Å²) in [5, 5.41) is 2.80. The van der Waals surface area contributed by atoms with Crippen LogP contribution in [0.1, 0.15) is 18.3 Å². The van der Waals surface area contributed by atoms with E-state index in [1.54, 1.807) is 10.8 Å². The van der Waals surface area contributed by atoms with E-state index in [1.807, 2.05) is 19.1 Å². The smallest absolute Gasteiger partial charge is 0.365 e. The van der Waals surface area contributed by atoms with Gasteiger partial charge in [0.1, 0.15) is 23.0 Å². The lowest BCUT2D eigenvalue weighted by atomic mass is 10.1. The fraction of sp³-hybridized carbons (Fsp3) is 0.211. The van der Waals surface area contributed by atoms with Crippen LogP contribution in [0.15, 0.2) is 42.2 Å². The number of fused-ring (bicyclic) bond motifs is 1. The average molecular weight is 389 g/mol. The molecule has 0 bridgehead atoms. The minimum atomic E-state index is -4.45. The first-order chi connectivity index (χ1) is 13.4. The maximum absolute atomic E-state index is 13.3. The molecule has 144 valence electrons. The normalized spacial score (nSPS) is 13.7. The van der Waals surface area contributed by atoms with Crippen molar-refractivity contribution in [3.8, 4) is 17.2 Å². The number of halogens is 4. The topological polar surface area (TPSA) is 55.6 Å². The first-order valence-corrected chi connectivity index (χ1v) is 8.58. The Balaban J connectivity index is 1.91. The Morgan fingerprint density at radius 1 is 1.11 bits per heavy atom. The predicted octanol–water partition coefficient (Wildman–Crippen LogP) is 4.40. The molecule has 9 heteroatoms. The number of alkyl halides is 3. The molecule has 28 heavy (non-hydrogen) atoms. The zero-order valence-corrected chi connectivity index (χ0v) is 14.8. The molecular formula is C19H15F4N5. The number of rotatable bonds is 3. The molecule has 0 fully saturated rings. The van der Waals surface area contributed by atoms with Gasteiger partial charge in [0.2, 0.25) is 0 Å². The van der Waals surface area contributed by atoms with E-state index >= 15 is 0 Å². The zero-order valence-electron chi connectivity index (χ0n) is 14.8. The van der Waals surface area contributed by atoms with Crippen molar-refractivity contribution in [3.05, 3.63) is 59.4 Å². The molecule has 0 saturated carbocycles. The van der Waals surface area contributed by atoms with Gasteiger partial charge in [0.05, 0.1) is 23.7 Å². The molecule has 3 aromatic rings. The Labute approximate surface area is 157 Å². The molecule has 0 aliphatic carbocycles. The van der Waals surface area contributed by atoms with Crippen LogP contribution < -0.4 is 5.32 Å². The van der Waals surface area contributed by atoms with E-state index in [9.17, 15) is 17.6 Å². The van der Waals surface area contributed by atoms with Crippen LogP contribution in [0, 0.1) is 5.82 Å². The first kappa shape index (κ1) is 18.1. The molecule has 0 unspecified atom stereocenters. The van der Waals surface area contributed by atoms with E-state index in [-0.39, 0.29) is 12.2 Å². The van der Waals surface area contributed by atoms with Crippen LogP contribution in [0.5, 0.6) is 0 Å². The van der Waals surface area contributed by atoms with Gasteiger partial charge in [-0.3, -0.25) is 9.55 Å². The highest BCUT2D eigenvalue weighted by atomic mass is 19.4. The Hall–Kier alpha value is -3.23.